The van der Waals surface area contributed by atoms with Gasteiger partial charge in [-0.25, -0.2) is 9.37 Å². The standard InChI is InChI=1S/C8H7F4N/c1-4-5(2)13-7(3-6(4)9)8(10,11)12/h3H,1-2H3. The third-order valence-electron chi connectivity index (χ3n) is 1.74. The summed E-state index contributed by atoms with van der Waals surface area (Å²) in [4.78, 5) is 3.24. The summed E-state index contributed by atoms with van der Waals surface area (Å²) in [6.07, 6.45) is -4.58. The number of aromatic nitrogens is 1. The summed E-state index contributed by atoms with van der Waals surface area (Å²) < 4.78 is 49.0. The molecule has 1 aromatic rings. The maximum absolute atomic E-state index is 12.8. The van der Waals surface area contributed by atoms with Crippen molar-refractivity contribution in [3.63, 3.8) is 0 Å². The molecule has 0 unspecified atom stereocenters. The molecule has 0 aliphatic heterocycles. The van der Waals surface area contributed by atoms with Crippen LogP contribution in [0.15, 0.2) is 6.07 Å². The van der Waals surface area contributed by atoms with Crippen molar-refractivity contribution in [3.05, 3.63) is 28.8 Å². The number of pyridine rings is 1. The summed E-state index contributed by atoms with van der Waals surface area (Å²) in [7, 11) is 0. The molecule has 0 spiro atoms. The molecule has 13 heavy (non-hydrogen) atoms. The van der Waals surface area contributed by atoms with Crippen LogP contribution >= 0.6 is 0 Å². The summed E-state index contributed by atoms with van der Waals surface area (Å²) in [5.74, 6) is -0.875. The van der Waals surface area contributed by atoms with Gasteiger partial charge in [-0.05, 0) is 13.8 Å². The maximum Gasteiger partial charge on any atom is 0.433 e. The van der Waals surface area contributed by atoms with E-state index in [1.54, 1.807) is 0 Å². The molecule has 1 heterocycles. The van der Waals surface area contributed by atoms with Crippen molar-refractivity contribution in [3.8, 4) is 0 Å². The van der Waals surface area contributed by atoms with Gasteiger partial charge in [0.15, 0.2) is 0 Å². The highest BCUT2D eigenvalue weighted by molar-refractivity contribution is 5.23. The summed E-state index contributed by atoms with van der Waals surface area (Å²) in [6.45, 7) is 2.73. The highest BCUT2D eigenvalue weighted by Crippen LogP contribution is 2.29. The molecule has 0 aliphatic carbocycles. The summed E-state index contributed by atoms with van der Waals surface area (Å²) in [5, 5.41) is 0. The Morgan fingerprint density at radius 3 is 2.15 bits per heavy atom. The van der Waals surface area contributed by atoms with Crippen LogP contribution in [0.2, 0.25) is 0 Å². The Hall–Kier alpha value is -1.13. The molecule has 0 radical (unpaired) electrons. The van der Waals surface area contributed by atoms with E-state index in [0.717, 1.165) is 0 Å². The van der Waals surface area contributed by atoms with Crippen LogP contribution in [0.5, 0.6) is 0 Å². The average Bonchev–Trinajstić information content (AvgIpc) is 1.97. The second kappa shape index (κ2) is 2.97. The molecule has 0 N–H and O–H groups in total. The Balaban J connectivity index is 3.29. The zero-order valence-corrected chi connectivity index (χ0v) is 7.04. The minimum Gasteiger partial charge on any atom is -0.248 e. The molecule has 0 aliphatic rings. The molecule has 0 bridgehead atoms. The van der Waals surface area contributed by atoms with E-state index < -0.39 is 17.7 Å². The molecule has 72 valence electrons. The Morgan fingerprint density at radius 2 is 1.77 bits per heavy atom. The van der Waals surface area contributed by atoms with Crippen LogP contribution in [0.3, 0.4) is 0 Å². The SMILES string of the molecule is Cc1nc(C(F)(F)F)cc(F)c1C. The Bertz CT molecular complexity index is 306. The Labute approximate surface area is 72.4 Å². The largest absolute Gasteiger partial charge is 0.433 e. The number of aryl methyl sites for hydroxylation is 1. The summed E-state index contributed by atoms with van der Waals surface area (Å²) in [5.41, 5.74) is -0.978. The lowest BCUT2D eigenvalue weighted by Gasteiger charge is -2.08. The number of hydrogen-bond donors (Lipinski definition) is 0. The number of nitrogens with zero attached hydrogens (tertiary/aromatic N) is 1. The van der Waals surface area contributed by atoms with Gasteiger partial charge in [-0.3, -0.25) is 0 Å². The lowest BCUT2D eigenvalue weighted by Crippen LogP contribution is -2.10. The fourth-order valence-electron chi connectivity index (χ4n) is 0.843. The predicted octanol–water partition coefficient (Wildman–Crippen LogP) is 2.86. The lowest BCUT2D eigenvalue weighted by atomic mass is 10.2. The van der Waals surface area contributed by atoms with Gasteiger partial charge in [0.25, 0.3) is 0 Å². The molecule has 0 saturated carbocycles. The van der Waals surface area contributed by atoms with Gasteiger partial charge in [0.1, 0.15) is 11.5 Å². The molecule has 0 atom stereocenters. The fraction of sp³-hybridized carbons (Fsp3) is 0.375. The number of halogens is 4. The van der Waals surface area contributed by atoms with Gasteiger partial charge in [-0.15, -0.1) is 0 Å². The Kier molecular flexibility index (Phi) is 2.28. The first-order valence-corrected chi connectivity index (χ1v) is 3.53. The van der Waals surface area contributed by atoms with Crippen LogP contribution in [0, 0.1) is 19.7 Å². The first-order valence-electron chi connectivity index (χ1n) is 3.53. The molecule has 0 amide bonds. The number of hydrogen-bond acceptors (Lipinski definition) is 1. The Morgan fingerprint density at radius 1 is 1.23 bits per heavy atom. The average molecular weight is 193 g/mol. The van der Waals surface area contributed by atoms with Gasteiger partial charge in [0.2, 0.25) is 0 Å². The molecule has 1 rings (SSSR count). The molecular weight excluding hydrogens is 186 g/mol. The van der Waals surface area contributed by atoms with Crippen LogP contribution in [-0.4, -0.2) is 4.98 Å². The summed E-state index contributed by atoms with van der Waals surface area (Å²) >= 11 is 0. The van der Waals surface area contributed by atoms with E-state index >= 15 is 0 Å². The first kappa shape index (κ1) is 9.95. The third kappa shape index (κ3) is 1.96. The number of alkyl halides is 3. The molecular formula is C8H7F4N. The van der Waals surface area contributed by atoms with Gasteiger partial charge >= 0.3 is 6.18 Å². The molecule has 5 heteroatoms. The fourth-order valence-corrected chi connectivity index (χ4v) is 0.843. The van der Waals surface area contributed by atoms with Crippen molar-refractivity contribution < 1.29 is 17.6 Å². The highest BCUT2D eigenvalue weighted by Gasteiger charge is 2.33. The monoisotopic (exact) mass is 193 g/mol. The van der Waals surface area contributed by atoms with Gasteiger partial charge in [-0.1, -0.05) is 0 Å². The lowest BCUT2D eigenvalue weighted by molar-refractivity contribution is -0.141. The van der Waals surface area contributed by atoms with E-state index in [0.29, 0.717) is 6.07 Å². The highest BCUT2D eigenvalue weighted by atomic mass is 19.4. The quantitative estimate of drug-likeness (QED) is 0.577. The van der Waals surface area contributed by atoms with Gasteiger partial charge in [0.05, 0.1) is 0 Å². The van der Waals surface area contributed by atoms with Crippen molar-refractivity contribution in [1.29, 1.82) is 0 Å². The van der Waals surface area contributed by atoms with E-state index in [4.69, 9.17) is 0 Å². The normalized spacial score (nSPS) is 11.8. The minimum absolute atomic E-state index is 0.0623. The molecule has 1 aromatic heterocycles. The van der Waals surface area contributed by atoms with Crippen LogP contribution in [0.4, 0.5) is 17.6 Å². The maximum atomic E-state index is 12.8. The van der Waals surface area contributed by atoms with Crippen molar-refractivity contribution in [2.75, 3.05) is 0 Å². The second-order valence-electron chi connectivity index (χ2n) is 2.70. The van der Waals surface area contributed by atoms with E-state index in [2.05, 4.69) is 4.98 Å². The van der Waals surface area contributed by atoms with E-state index in [9.17, 15) is 17.6 Å². The van der Waals surface area contributed by atoms with Gasteiger partial charge in [-0.2, -0.15) is 13.2 Å². The van der Waals surface area contributed by atoms with Crippen molar-refractivity contribution >= 4 is 0 Å². The van der Waals surface area contributed by atoms with Crippen LogP contribution in [0.25, 0.3) is 0 Å². The van der Waals surface area contributed by atoms with Crippen molar-refractivity contribution in [2.45, 2.75) is 20.0 Å². The number of rotatable bonds is 0. The topological polar surface area (TPSA) is 12.9 Å². The zero-order valence-electron chi connectivity index (χ0n) is 7.04. The third-order valence-corrected chi connectivity index (χ3v) is 1.74. The molecule has 0 aromatic carbocycles. The summed E-state index contributed by atoms with van der Waals surface area (Å²) in [6, 6.07) is 0.405. The smallest absolute Gasteiger partial charge is 0.248 e. The van der Waals surface area contributed by atoms with E-state index in [1.807, 2.05) is 0 Å². The van der Waals surface area contributed by atoms with E-state index in [1.165, 1.54) is 13.8 Å². The second-order valence-corrected chi connectivity index (χ2v) is 2.70. The van der Waals surface area contributed by atoms with Crippen LogP contribution in [0.1, 0.15) is 17.0 Å². The zero-order chi connectivity index (χ0) is 10.2. The van der Waals surface area contributed by atoms with Crippen LogP contribution in [-0.2, 0) is 6.18 Å². The van der Waals surface area contributed by atoms with Gasteiger partial charge < -0.3 is 0 Å². The van der Waals surface area contributed by atoms with Gasteiger partial charge in [0, 0.05) is 17.3 Å². The van der Waals surface area contributed by atoms with E-state index in [-0.39, 0.29) is 11.3 Å². The molecule has 1 nitrogen and oxygen atoms in total. The predicted molar refractivity (Wildman–Crippen MR) is 38.7 cm³/mol. The van der Waals surface area contributed by atoms with Crippen LogP contribution < -0.4 is 0 Å². The minimum atomic E-state index is -4.58. The first-order chi connectivity index (χ1) is 5.82. The van der Waals surface area contributed by atoms with Crippen molar-refractivity contribution in [2.24, 2.45) is 0 Å². The van der Waals surface area contributed by atoms with Crippen molar-refractivity contribution in [1.82, 2.24) is 4.98 Å². The molecule has 0 saturated heterocycles. The molecule has 0 fully saturated rings.